The van der Waals surface area contributed by atoms with E-state index in [0.717, 1.165) is 73.6 Å². The summed E-state index contributed by atoms with van der Waals surface area (Å²) in [5.74, 6) is 2.69. The predicted octanol–water partition coefficient (Wildman–Crippen LogP) is 2.78. The molecule has 0 fully saturated rings. The maximum absolute atomic E-state index is 7.00. The van der Waals surface area contributed by atoms with Gasteiger partial charge in [-0.2, -0.15) is 4.98 Å². The number of nitrogens with one attached hydrogen (secondary N) is 2. The van der Waals surface area contributed by atoms with Crippen LogP contribution in [0, 0.1) is 6.92 Å². The fourth-order valence-electron chi connectivity index (χ4n) is 2.95. The Bertz CT molecular complexity index is 756. The summed E-state index contributed by atoms with van der Waals surface area (Å²) in [5, 5.41) is 13.5. The number of ether oxygens (including phenoxy) is 2. The molecular weight excluding hydrogens is 382 g/mol. The van der Waals surface area contributed by atoms with Crippen LogP contribution in [0.1, 0.15) is 43.0 Å². The molecule has 0 saturated heterocycles. The van der Waals surface area contributed by atoms with Crippen LogP contribution >= 0.6 is 0 Å². The highest BCUT2D eigenvalue weighted by molar-refractivity contribution is 5.53. The average molecular weight is 420 g/mol. The van der Waals surface area contributed by atoms with E-state index < -0.39 is 0 Å². The Kier molecular flexibility index (Phi) is 12.2. The molecule has 0 aliphatic heterocycles. The molecule has 168 valence electrons. The quantitative estimate of drug-likeness (QED) is 0.388. The van der Waals surface area contributed by atoms with Crippen LogP contribution in [0.25, 0.3) is 0 Å². The number of hydrogen-bond donors (Lipinski definition) is 4. The van der Waals surface area contributed by atoms with Crippen LogP contribution in [0.4, 0.5) is 11.8 Å². The molecule has 0 aliphatic carbocycles. The summed E-state index contributed by atoms with van der Waals surface area (Å²) in [7, 11) is 4.61. The molecule has 5 N–H and O–H groups in total. The van der Waals surface area contributed by atoms with Crippen molar-refractivity contribution in [1.29, 1.82) is 0 Å². The van der Waals surface area contributed by atoms with E-state index in [1.165, 1.54) is 0 Å². The molecule has 2 aromatic rings. The van der Waals surface area contributed by atoms with Crippen LogP contribution in [0.15, 0.2) is 18.2 Å². The van der Waals surface area contributed by atoms with Crippen molar-refractivity contribution in [3.05, 3.63) is 35.0 Å². The lowest BCUT2D eigenvalue weighted by Crippen LogP contribution is -2.12. The summed E-state index contributed by atoms with van der Waals surface area (Å²) in [4.78, 5) is 8.76. The number of anilines is 2. The Labute approximate surface area is 180 Å². The highest BCUT2D eigenvalue weighted by atomic mass is 16.5. The second kappa shape index (κ2) is 14.4. The molecule has 30 heavy (non-hydrogen) atoms. The standard InChI is InChI=1S/C21H33N5O2.CH4O/c1-5-6-11-24-20-18(15(2)25-21(22)26-20)13-16-8-9-17(14-19(16)27-4)28-12-7-10-23-3;1-2/h8-9,14,23H,5-7,10-13H2,1-4H3,(H3,22,24,25,26);2H,1H3. The summed E-state index contributed by atoms with van der Waals surface area (Å²) in [6.07, 6.45) is 3.80. The number of benzene rings is 1. The first-order chi connectivity index (χ1) is 14.6. The van der Waals surface area contributed by atoms with E-state index in [-0.39, 0.29) is 5.95 Å². The predicted molar refractivity (Wildman–Crippen MR) is 123 cm³/mol. The van der Waals surface area contributed by atoms with Crippen LogP contribution in [0.3, 0.4) is 0 Å². The molecule has 0 atom stereocenters. The fraction of sp³-hybridized carbons (Fsp3) is 0.545. The first-order valence-electron chi connectivity index (χ1n) is 10.3. The number of unbranched alkanes of at least 4 members (excludes halogenated alkanes) is 1. The van der Waals surface area contributed by atoms with Crippen LogP contribution in [0.5, 0.6) is 11.5 Å². The number of rotatable bonds is 12. The summed E-state index contributed by atoms with van der Waals surface area (Å²) < 4.78 is 11.4. The molecule has 0 saturated carbocycles. The molecule has 0 amide bonds. The maximum atomic E-state index is 7.00. The van der Waals surface area contributed by atoms with Gasteiger partial charge in [-0.3, -0.25) is 0 Å². The first-order valence-corrected chi connectivity index (χ1v) is 10.3. The molecule has 0 bridgehead atoms. The monoisotopic (exact) mass is 419 g/mol. The second-order valence-electron chi connectivity index (χ2n) is 6.73. The van der Waals surface area contributed by atoms with Crippen molar-refractivity contribution in [1.82, 2.24) is 15.3 Å². The lowest BCUT2D eigenvalue weighted by Gasteiger charge is -2.16. The van der Waals surface area contributed by atoms with Crippen molar-refractivity contribution in [2.75, 3.05) is 52.0 Å². The van der Waals surface area contributed by atoms with Crippen LogP contribution in [0.2, 0.25) is 0 Å². The van der Waals surface area contributed by atoms with Gasteiger partial charge in [0, 0.05) is 37.4 Å². The van der Waals surface area contributed by atoms with Gasteiger partial charge in [0.15, 0.2) is 0 Å². The average Bonchev–Trinajstić information content (AvgIpc) is 2.75. The summed E-state index contributed by atoms with van der Waals surface area (Å²) in [6, 6.07) is 5.96. The van der Waals surface area contributed by atoms with Crippen LogP contribution in [-0.2, 0) is 6.42 Å². The van der Waals surface area contributed by atoms with Gasteiger partial charge >= 0.3 is 0 Å². The number of nitrogens with zero attached hydrogens (tertiary/aromatic N) is 2. The number of aromatic nitrogens is 2. The van der Waals surface area contributed by atoms with Gasteiger partial charge in [-0.15, -0.1) is 0 Å². The van der Waals surface area contributed by atoms with E-state index in [4.69, 9.17) is 20.3 Å². The minimum atomic E-state index is 0.289. The Hall–Kier alpha value is -2.58. The summed E-state index contributed by atoms with van der Waals surface area (Å²) in [6.45, 7) is 6.58. The van der Waals surface area contributed by atoms with E-state index in [1.807, 2.05) is 32.2 Å². The zero-order valence-electron chi connectivity index (χ0n) is 18.9. The SMILES string of the molecule is CCCCNc1nc(N)nc(C)c1Cc1ccc(OCCCNC)cc1OC.CO. The highest BCUT2D eigenvalue weighted by Crippen LogP contribution is 2.29. The van der Waals surface area contributed by atoms with Crippen LogP contribution in [-0.4, -0.2) is 56.0 Å². The molecule has 0 radical (unpaired) electrons. The number of nitrogen functional groups attached to an aromatic ring is 1. The smallest absolute Gasteiger partial charge is 0.222 e. The largest absolute Gasteiger partial charge is 0.496 e. The first kappa shape index (κ1) is 25.5. The van der Waals surface area contributed by atoms with Crippen molar-refractivity contribution in [3.8, 4) is 11.5 Å². The van der Waals surface area contributed by atoms with E-state index in [9.17, 15) is 0 Å². The van der Waals surface area contributed by atoms with Crippen molar-refractivity contribution < 1.29 is 14.6 Å². The molecule has 0 aliphatic rings. The normalized spacial score (nSPS) is 10.2. The zero-order chi connectivity index (χ0) is 22.4. The van der Waals surface area contributed by atoms with Crippen molar-refractivity contribution >= 4 is 11.8 Å². The van der Waals surface area contributed by atoms with E-state index in [0.29, 0.717) is 13.0 Å². The number of aliphatic hydroxyl groups excluding tert-OH is 1. The lowest BCUT2D eigenvalue weighted by molar-refractivity contribution is 0.307. The number of aryl methyl sites for hydroxylation is 1. The van der Waals surface area contributed by atoms with E-state index >= 15 is 0 Å². The van der Waals surface area contributed by atoms with Gasteiger partial charge in [0.05, 0.1) is 13.7 Å². The zero-order valence-corrected chi connectivity index (χ0v) is 18.9. The third-order valence-electron chi connectivity index (χ3n) is 4.52. The molecule has 1 heterocycles. The Morgan fingerprint density at radius 3 is 2.57 bits per heavy atom. The van der Waals surface area contributed by atoms with E-state index in [1.54, 1.807) is 7.11 Å². The topological polar surface area (TPSA) is 115 Å². The van der Waals surface area contributed by atoms with Crippen LogP contribution < -0.4 is 25.8 Å². The molecule has 2 rings (SSSR count). The van der Waals surface area contributed by atoms with Crippen molar-refractivity contribution in [2.24, 2.45) is 0 Å². The van der Waals surface area contributed by atoms with Crippen molar-refractivity contribution in [3.63, 3.8) is 0 Å². The van der Waals surface area contributed by atoms with E-state index in [2.05, 4.69) is 27.5 Å². The molecular formula is C22H37N5O3. The van der Waals surface area contributed by atoms with Gasteiger partial charge in [0.1, 0.15) is 17.3 Å². The summed E-state index contributed by atoms with van der Waals surface area (Å²) >= 11 is 0. The molecule has 8 heteroatoms. The second-order valence-corrected chi connectivity index (χ2v) is 6.73. The van der Waals surface area contributed by atoms with Crippen molar-refractivity contribution in [2.45, 2.75) is 39.5 Å². The highest BCUT2D eigenvalue weighted by Gasteiger charge is 2.14. The van der Waals surface area contributed by atoms with Gasteiger partial charge in [0.2, 0.25) is 5.95 Å². The lowest BCUT2D eigenvalue weighted by atomic mass is 10.0. The fourth-order valence-corrected chi connectivity index (χ4v) is 2.95. The van der Waals surface area contributed by atoms with Gasteiger partial charge < -0.3 is 30.9 Å². The minimum Gasteiger partial charge on any atom is -0.496 e. The van der Waals surface area contributed by atoms with Gasteiger partial charge in [0.25, 0.3) is 0 Å². The Morgan fingerprint density at radius 1 is 1.13 bits per heavy atom. The number of aliphatic hydroxyl groups is 1. The molecule has 0 unspecified atom stereocenters. The third kappa shape index (κ3) is 8.04. The number of hydrogen-bond acceptors (Lipinski definition) is 8. The van der Waals surface area contributed by atoms with Gasteiger partial charge in [-0.25, -0.2) is 4.98 Å². The minimum absolute atomic E-state index is 0.289. The number of nitrogens with two attached hydrogens (primary N) is 1. The Morgan fingerprint density at radius 2 is 1.90 bits per heavy atom. The van der Waals surface area contributed by atoms with Gasteiger partial charge in [-0.05, 0) is 45.0 Å². The van der Waals surface area contributed by atoms with Gasteiger partial charge in [-0.1, -0.05) is 19.4 Å². The molecule has 1 aromatic heterocycles. The summed E-state index contributed by atoms with van der Waals surface area (Å²) in [5.41, 5.74) is 8.83. The third-order valence-corrected chi connectivity index (χ3v) is 4.52. The molecule has 0 spiro atoms. The molecule has 1 aromatic carbocycles. The number of methoxy groups -OCH3 is 1. The maximum Gasteiger partial charge on any atom is 0.222 e. The molecule has 8 nitrogen and oxygen atoms in total. The Balaban J connectivity index is 0.00000218.